The average Bonchev–Trinajstić information content (AvgIpc) is 2.87. The average molecular weight is 310 g/mol. The number of aromatic nitrogens is 1. The van der Waals surface area contributed by atoms with Gasteiger partial charge in [-0.25, -0.2) is 4.98 Å². The lowest BCUT2D eigenvalue weighted by Gasteiger charge is -2.33. The third-order valence-electron chi connectivity index (χ3n) is 4.67. The lowest BCUT2D eigenvalue weighted by atomic mass is 9.87. The van der Waals surface area contributed by atoms with Crippen LogP contribution in [0.4, 0.5) is 5.13 Å². The molecule has 2 heterocycles. The Balaban J connectivity index is 1.99. The summed E-state index contributed by atoms with van der Waals surface area (Å²) >= 11 is 1.89. The number of thiazole rings is 1. The summed E-state index contributed by atoms with van der Waals surface area (Å²) in [5, 5.41) is 4.81. The lowest BCUT2D eigenvalue weighted by Crippen LogP contribution is -2.35. The van der Waals surface area contributed by atoms with Crippen LogP contribution in [0, 0.1) is 18.8 Å². The van der Waals surface area contributed by atoms with Crippen molar-refractivity contribution in [2.45, 2.75) is 59.9 Å². The third kappa shape index (κ3) is 4.19. The van der Waals surface area contributed by atoms with Crippen LogP contribution in [0.1, 0.15) is 63.6 Å². The number of aryl methyl sites for hydroxylation is 1. The normalized spacial score (nSPS) is 18.5. The summed E-state index contributed by atoms with van der Waals surface area (Å²) in [5.74, 6) is 1.71. The van der Waals surface area contributed by atoms with Crippen molar-refractivity contribution in [1.29, 1.82) is 0 Å². The monoisotopic (exact) mass is 309 g/mol. The van der Waals surface area contributed by atoms with Gasteiger partial charge in [0, 0.05) is 24.0 Å². The largest absolute Gasteiger partial charge is 0.348 e. The molecule has 21 heavy (non-hydrogen) atoms. The maximum atomic E-state index is 4.84. The van der Waals surface area contributed by atoms with Crippen LogP contribution in [0.3, 0.4) is 0 Å². The summed E-state index contributed by atoms with van der Waals surface area (Å²) in [4.78, 5) is 8.74. The van der Waals surface area contributed by atoms with Crippen LogP contribution in [0.25, 0.3) is 0 Å². The van der Waals surface area contributed by atoms with Gasteiger partial charge in [0.2, 0.25) is 0 Å². The van der Waals surface area contributed by atoms with Crippen LogP contribution in [0.2, 0.25) is 0 Å². The standard InChI is InChI=1S/C17H31N3S/c1-6-9-18-13(4)16-14(5)19-17(21-16)20-10-7-15(8-11-20)12(2)3/h12-13,15,18H,6-11H2,1-5H3. The summed E-state index contributed by atoms with van der Waals surface area (Å²) in [5.41, 5.74) is 1.21. The molecule has 1 aliphatic rings. The zero-order chi connectivity index (χ0) is 15.4. The van der Waals surface area contributed by atoms with Gasteiger partial charge >= 0.3 is 0 Å². The first kappa shape index (κ1) is 16.8. The molecule has 3 nitrogen and oxygen atoms in total. The molecule has 1 N–H and O–H groups in total. The second-order valence-corrected chi connectivity index (χ2v) is 7.70. The smallest absolute Gasteiger partial charge is 0.185 e. The van der Waals surface area contributed by atoms with Crippen molar-refractivity contribution in [3.05, 3.63) is 10.6 Å². The molecule has 1 unspecified atom stereocenters. The molecule has 0 aromatic carbocycles. The maximum absolute atomic E-state index is 4.84. The minimum absolute atomic E-state index is 0.421. The Kier molecular flexibility index (Phi) is 6.06. The molecule has 2 rings (SSSR count). The van der Waals surface area contributed by atoms with E-state index in [9.17, 15) is 0 Å². The van der Waals surface area contributed by atoms with E-state index in [-0.39, 0.29) is 0 Å². The molecule has 1 saturated heterocycles. The van der Waals surface area contributed by atoms with Crippen molar-refractivity contribution in [3.63, 3.8) is 0 Å². The molecule has 1 aromatic heterocycles. The minimum Gasteiger partial charge on any atom is -0.348 e. The molecule has 4 heteroatoms. The van der Waals surface area contributed by atoms with Crippen molar-refractivity contribution in [3.8, 4) is 0 Å². The first-order valence-electron chi connectivity index (χ1n) is 8.48. The summed E-state index contributed by atoms with van der Waals surface area (Å²) < 4.78 is 0. The summed E-state index contributed by atoms with van der Waals surface area (Å²) in [6, 6.07) is 0.421. The Morgan fingerprint density at radius 1 is 1.29 bits per heavy atom. The first-order chi connectivity index (χ1) is 10.0. The first-order valence-corrected chi connectivity index (χ1v) is 9.30. The second-order valence-electron chi connectivity index (χ2n) is 6.69. The Morgan fingerprint density at radius 2 is 1.95 bits per heavy atom. The molecule has 1 aromatic rings. The SMILES string of the molecule is CCCNC(C)c1sc(N2CCC(C(C)C)CC2)nc1C. The molecule has 0 spiro atoms. The molecule has 1 atom stereocenters. The fourth-order valence-electron chi connectivity index (χ4n) is 3.14. The topological polar surface area (TPSA) is 28.2 Å². The zero-order valence-corrected chi connectivity index (χ0v) is 15.1. The molecule has 1 aliphatic heterocycles. The van der Waals surface area contributed by atoms with Crippen molar-refractivity contribution in [2.24, 2.45) is 11.8 Å². The van der Waals surface area contributed by atoms with Gasteiger partial charge in [-0.3, -0.25) is 0 Å². The Labute approximate surface area is 134 Å². The Bertz CT molecular complexity index is 433. The van der Waals surface area contributed by atoms with Crippen molar-refractivity contribution in [1.82, 2.24) is 10.3 Å². The third-order valence-corrected chi connectivity index (χ3v) is 6.07. The van der Waals surface area contributed by atoms with E-state index in [2.05, 4.69) is 44.8 Å². The summed E-state index contributed by atoms with van der Waals surface area (Å²) in [6.45, 7) is 14.8. The number of hydrogen-bond donors (Lipinski definition) is 1. The fraction of sp³-hybridized carbons (Fsp3) is 0.824. The summed E-state index contributed by atoms with van der Waals surface area (Å²) in [6.07, 6.45) is 3.81. The molecule has 0 aliphatic carbocycles. The van der Waals surface area contributed by atoms with E-state index in [1.165, 1.54) is 48.1 Å². The van der Waals surface area contributed by atoms with Gasteiger partial charge in [-0.15, -0.1) is 11.3 Å². The van der Waals surface area contributed by atoms with E-state index in [0.29, 0.717) is 6.04 Å². The van der Waals surface area contributed by atoms with Gasteiger partial charge in [-0.05, 0) is 51.5 Å². The van der Waals surface area contributed by atoms with E-state index in [0.717, 1.165) is 18.4 Å². The highest BCUT2D eigenvalue weighted by Gasteiger charge is 2.24. The number of nitrogens with one attached hydrogen (secondary N) is 1. The van der Waals surface area contributed by atoms with Gasteiger partial charge in [-0.2, -0.15) is 0 Å². The number of piperidine rings is 1. The molecule has 0 bridgehead atoms. The summed E-state index contributed by atoms with van der Waals surface area (Å²) in [7, 11) is 0. The van der Waals surface area contributed by atoms with Gasteiger partial charge in [-0.1, -0.05) is 20.8 Å². The fourth-order valence-corrected chi connectivity index (χ4v) is 4.29. The van der Waals surface area contributed by atoms with Crippen LogP contribution in [0.5, 0.6) is 0 Å². The second kappa shape index (κ2) is 7.59. The van der Waals surface area contributed by atoms with Gasteiger partial charge in [0.1, 0.15) is 0 Å². The number of nitrogens with zero attached hydrogens (tertiary/aromatic N) is 2. The van der Waals surface area contributed by atoms with E-state index in [1.807, 2.05) is 11.3 Å². The number of rotatable bonds is 6. The number of hydrogen-bond acceptors (Lipinski definition) is 4. The van der Waals surface area contributed by atoms with Gasteiger partial charge in [0.05, 0.1) is 5.69 Å². The highest BCUT2D eigenvalue weighted by atomic mass is 32.1. The molecule has 1 fully saturated rings. The van der Waals surface area contributed by atoms with E-state index < -0.39 is 0 Å². The molecule has 0 saturated carbocycles. The molecular formula is C17H31N3S. The molecule has 0 radical (unpaired) electrons. The van der Waals surface area contributed by atoms with Gasteiger partial charge in [0.15, 0.2) is 5.13 Å². The van der Waals surface area contributed by atoms with Crippen molar-refractivity contribution >= 4 is 16.5 Å². The quantitative estimate of drug-likeness (QED) is 0.845. The predicted octanol–water partition coefficient (Wildman–Crippen LogP) is 4.38. The van der Waals surface area contributed by atoms with E-state index in [1.54, 1.807) is 0 Å². The van der Waals surface area contributed by atoms with Crippen LogP contribution in [0.15, 0.2) is 0 Å². The van der Waals surface area contributed by atoms with E-state index in [4.69, 9.17) is 4.98 Å². The lowest BCUT2D eigenvalue weighted by molar-refractivity contribution is 0.311. The molecular weight excluding hydrogens is 278 g/mol. The van der Waals surface area contributed by atoms with Crippen molar-refractivity contribution in [2.75, 3.05) is 24.5 Å². The van der Waals surface area contributed by atoms with Gasteiger partial charge in [0.25, 0.3) is 0 Å². The highest BCUT2D eigenvalue weighted by Crippen LogP contribution is 2.34. The van der Waals surface area contributed by atoms with Crippen LogP contribution >= 0.6 is 11.3 Å². The Morgan fingerprint density at radius 3 is 2.52 bits per heavy atom. The maximum Gasteiger partial charge on any atom is 0.185 e. The van der Waals surface area contributed by atoms with Crippen molar-refractivity contribution < 1.29 is 0 Å². The number of anilines is 1. The minimum atomic E-state index is 0.421. The molecule has 120 valence electrons. The zero-order valence-electron chi connectivity index (χ0n) is 14.3. The highest BCUT2D eigenvalue weighted by molar-refractivity contribution is 7.15. The van der Waals surface area contributed by atoms with Crippen LogP contribution in [-0.2, 0) is 0 Å². The Hall–Kier alpha value is -0.610. The van der Waals surface area contributed by atoms with Crippen LogP contribution in [-0.4, -0.2) is 24.6 Å². The molecule has 0 amide bonds. The van der Waals surface area contributed by atoms with E-state index >= 15 is 0 Å². The van der Waals surface area contributed by atoms with Gasteiger partial charge < -0.3 is 10.2 Å². The van der Waals surface area contributed by atoms with Crippen LogP contribution < -0.4 is 10.2 Å². The predicted molar refractivity (Wildman–Crippen MR) is 93.3 cm³/mol.